The summed E-state index contributed by atoms with van der Waals surface area (Å²) in [5, 5.41) is 0. The molecule has 11 heteroatoms. The Morgan fingerprint density at radius 3 is 2.38 bits per heavy atom. The van der Waals surface area contributed by atoms with E-state index in [0.717, 1.165) is 11.4 Å². The summed E-state index contributed by atoms with van der Waals surface area (Å²) >= 11 is 3.49. The van der Waals surface area contributed by atoms with Gasteiger partial charge >= 0.3 is 5.97 Å². The van der Waals surface area contributed by atoms with Crippen LogP contribution >= 0.6 is 15.9 Å². The Morgan fingerprint density at radius 2 is 1.68 bits per heavy atom. The van der Waals surface area contributed by atoms with E-state index in [4.69, 9.17) is 18.9 Å². The van der Waals surface area contributed by atoms with Gasteiger partial charge in [-0.2, -0.15) is 0 Å². The third-order valence-electron chi connectivity index (χ3n) is 6.43. The van der Waals surface area contributed by atoms with Gasteiger partial charge in [-0.3, -0.25) is 9.59 Å². The molecule has 212 valence electrons. The first-order chi connectivity index (χ1) is 19.4. The van der Waals surface area contributed by atoms with Crippen molar-refractivity contribution in [1.82, 2.24) is 14.9 Å². The Bertz CT molecular complexity index is 1330. The zero-order chi connectivity index (χ0) is 28.5. The highest BCUT2D eigenvalue weighted by molar-refractivity contribution is 9.10. The quantitative estimate of drug-likeness (QED) is 0.174. The monoisotopic (exact) mass is 612 g/mol. The standard InChI is InChI=1S/C29H33BrN4O6/c1-4-39-27(35)9-6-18-40-24-12-13-26(32-28(24)30)33-14-16-34(17-15-33)29(36)22-8-5-7-21(31-22)20-10-11-23(37-2)25(19-20)38-3/h5,7-8,10-13,19H,4,6,9,14-18H2,1-3H3. The molecule has 1 saturated heterocycles. The van der Waals surface area contributed by atoms with Crippen molar-refractivity contribution >= 4 is 33.6 Å². The van der Waals surface area contributed by atoms with Crippen LogP contribution in [0.3, 0.4) is 0 Å². The van der Waals surface area contributed by atoms with E-state index in [9.17, 15) is 9.59 Å². The van der Waals surface area contributed by atoms with Gasteiger partial charge in [-0.25, -0.2) is 9.97 Å². The second kappa shape index (κ2) is 14.0. The number of amides is 1. The van der Waals surface area contributed by atoms with Gasteiger partial charge in [0.1, 0.15) is 16.1 Å². The first kappa shape index (κ1) is 29.1. The summed E-state index contributed by atoms with van der Waals surface area (Å²) in [6.07, 6.45) is 0.880. The molecule has 1 aromatic carbocycles. The van der Waals surface area contributed by atoms with Crippen LogP contribution in [0.2, 0.25) is 0 Å². The smallest absolute Gasteiger partial charge is 0.305 e. The van der Waals surface area contributed by atoms with E-state index in [2.05, 4.69) is 30.8 Å². The number of nitrogens with zero attached hydrogens (tertiary/aromatic N) is 4. The molecule has 0 atom stereocenters. The molecule has 0 spiro atoms. The molecule has 40 heavy (non-hydrogen) atoms. The molecule has 3 heterocycles. The lowest BCUT2D eigenvalue weighted by Crippen LogP contribution is -2.49. The largest absolute Gasteiger partial charge is 0.493 e. The highest BCUT2D eigenvalue weighted by atomic mass is 79.9. The van der Waals surface area contributed by atoms with Crippen molar-refractivity contribution in [3.63, 3.8) is 0 Å². The lowest BCUT2D eigenvalue weighted by atomic mass is 10.1. The average molecular weight is 614 g/mol. The van der Waals surface area contributed by atoms with E-state index in [1.54, 1.807) is 27.2 Å². The fraction of sp³-hybridized carbons (Fsp3) is 0.379. The summed E-state index contributed by atoms with van der Waals surface area (Å²) in [5.41, 5.74) is 1.91. The van der Waals surface area contributed by atoms with Crippen molar-refractivity contribution in [2.45, 2.75) is 19.8 Å². The molecule has 1 fully saturated rings. The number of halogens is 1. The molecule has 4 rings (SSSR count). The van der Waals surface area contributed by atoms with Crippen molar-refractivity contribution in [3.8, 4) is 28.5 Å². The Balaban J connectivity index is 1.33. The number of pyridine rings is 2. The Morgan fingerprint density at radius 1 is 0.925 bits per heavy atom. The zero-order valence-electron chi connectivity index (χ0n) is 22.9. The molecular weight excluding hydrogens is 580 g/mol. The maximum atomic E-state index is 13.3. The molecule has 0 radical (unpaired) electrons. The van der Waals surface area contributed by atoms with Gasteiger partial charge < -0.3 is 28.7 Å². The molecule has 3 aromatic rings. The minimum absolute atomic E-state index is 0.109. The number of anilines is 1. The van der Waals surface area contributed by atoms with Crippen LogP contribution in [0.1, 0.15) is 30.3 Å². The molecule has 0 N–H and O–H groups in total. The predicted octanol–water partition coefficient (Wildman–Crippen LogP) is 4.61. The number of rotatable bonds is 11. The second-order valence-electron chi connectivity index (χ2n) is 8.97. The number of ether oxygens (including phenoxy) is 4. The summed E-state index contributed by atoms with van der Waals surface area (Å²) in [6, 6.07) is 14.8. The molecule has 1 aliphatic rings. The van der Waals surface area contributed by atoms with Gasteiger partial charge in [0.15, 0.2) is 17.2 Å². The molecule has 1 amide bonds. The SMILES string of the molecule is CCOC(=O)CCCOc1ccc(N2CCN(C(=O)c3cccc(-c4ccc(OC)c(OC)c4)n3)CC2)nc1Br. The Labute approximate surface area is 242 Å². The topological polar surface area (TPSA) is 103 Å². The molecule has 0 bridgehead atoms. The van der Waals surface area contributed by atoms with Crippen molar-refractivity contribution in [1.29, 1.82) is 0 Å². The summed E-state index contributed by atoms with van der Waals surface area (Å²) in [4.78, 5) is 38.0. The molecular formula is C29H33BrN4O6. The maximum Gasteiger partial charge on any atom is 0.305 e. The average Bonchev–Trinajstić information content (AvgIpc) is 2.99. The number of piperazine rings is 1. The normalized spacial score (nSPS) is 13.1. The molecule has 1 aliphatic heterocycles. The number of methoxy groups -OCH3 is 2. The number of esters is 1. The number of hydrogen-bond acceptors (Lipinski definition) is 9. The van der Waals surface area contributed by atoms with Gasteiger partial charge in [0.05, 0.1) is 33.1 Å². The lowest BCUT2D eigenvalue weighted by Gasteiger charge is -2.35. The van der Waals surface area contributed by atoms with E-state index in [0.29, 0.717) is 85.5 Å². The van der Waals surface area contributed by atoms with Crippen molar-refractivity contribution in [2.24, 2.45) is 0 Å². The number of aromatic nitrogens is 2. The van der Waals surface area contributed by atoms with Gasteiger partial charge in [-0.15, -0.1) is 0 Å². The van der Waals surface area contributed by atoms with Crippen molar-refractivity contribution < 1.29 is 28.5 Å². The third-order valence-corrected chi connectivity index (χ3v) is 6.99. The number of carbonyl (C=O) groups is 2. The molecule has 2 aromatic heterocycles. The fourth-order valence-corrected chi connectivity index (χ4v) is 4.77. The Kier molecular flexibility index (Phi) is 10.2. The highest BCUT2D eigenvalue weighted by Crippen LogP contribution is 2.32. The number of hydrogen-bond donors (Lipinski definition) is 0. The predicted molar refractivity (Wildman–Crippen MR) is 154 cm³/mol. The van der Waals surface area contributed by atoms with Crippen LogP contribution in [0.15, 0.2) is 53.1 Å². The molecule has 0 unspecified atom stereocenters. The van der Waals surface area contributed by atoms with Gasteiger partial charge in [0.2, 0.25) is 0 Å². The van der Waals surface area contributed by atoms with Crippen LogP contribution in [-0.2, 0) is 9.53 Å². The van der Waals surface area contributed by atoms with Crippen LogP contribution < -0.4 is 19.1 Å². The van der Waals surface area contributed by atoms with Gasteiger partial charge in [0, 0.05) is 38.2 Å². The summed E-state index contributed by atoms with van der Waals surface area (Å²) in [5.74, 6) is 2.31. The lowest BCUT2D eigenvalue weighted by molar-refractivity contribution is -0.143. The molecule has 0 saturated carbocycles. The number of benzene rings is 1. The van der Waals surface area contributed by atoms with Crippen LogP contribution in [0.4, 0.5) is 5.82 Å². The second-order valence-corrected chi connectivity index (χ2v) is 9.72. The first-order valence-electron chi connectivity index (χ1n) is 13.1. The van der Waals surface area contributed by atoms with Gasteiger partial charge in [0.25, 0.3) is 5.91 Å². The van der Waals surface area contributed by atoms with Gasteiger partial charge in [-0.05, 0) is 71.7 Å². The van der Waals surface area contributed by atoms with Crippen LogP contribution in [0, 0.1) is 0 Å². The molecule has 10 nitrogen and oxygen atoms in total. The van der Waals surface area contributed by atoms with E-state index in [-0.39, 0.29) is 11.9 Å². The van der Waals surface area contributed by atoms with Crippen LogP contribution in [0.25, 0.3) is 11.3 Å². The highest BCUT2D eigenvalue weighted by Gasteiger charge is 2.24. The van der Waals surface area contributed by atoms with E-state index in [1.165, 1.54) is 0 Å². The zero-order valence-corrected chi connectivity index (χ0v) is 24.5. The maximum absolute atomic E-state index is 13.3. The summed E-state index contributed by atoms with van der Waals surface area (Å²) in [6.45, 7) is 4.93. The summed E-state index contributed by atoms with van der Waals surface area (Å²) < 4.78 is 22.0. The van der Waals surface area contributed by atoms with E-state index in [1.807, 2.05) is 47.4 Å². The summed E-state index contributed by atoms with van der Waals surface area (Å²) in [7, 11) is 3.17. The third kappa shape index (κ3) is 7.20. The van der Waals surface area contributed by atoms with Crippen LogP contribution in [-0.4, -0.2) is 80.4 Å². The number of carbonyl (C=O) groups excluding carboxylic acids is 2. The van der Waals surface area contributed by atoms with Crippen LogP contribution in [0.5, 0.6) is 17.2 Å². The fourth-order valence-electron chi connectivity index (χ4n) is 4.34. The van der Waals surface area contributed by atoms with Crippen molar-refractivity contribution in [2.75, 3.05) is 58.5 Å². The minimum atomic E-state index is -0.224. The molecule has 0 aliphatic carbocycles. The van der Waals surface area contributed by atoms with E-state index >= 15 is 0 Å². The van der Waals surface area contributed by atoms with E-state index < -0.39 is 0 Å². The van der Waals surface area contributed by atoms with Crippen molar-refractivity contribution in [3.05, 3.63) is 58.8 Å². The first-order valence-corrected chi connectivity index (χ1v) is 13.9. The minimum Gasteiger partial charge on any atom is -0.493 e. The Hall–Kier alpha value is -3.86. The van der Waals surface area contributed by atoms with Gasteiger partial charge in [-0.1, -0.05) is 6.07 Å².